The molecule has 7 heteroatoms. The Balaban J connectivity index is 1.47. The summed E-state index contributed by atoms with van der Waals surface area (Å²) in [4.78, 5) is 29.0. The molecule has 6 nitrogen and oxygen atoms in total. The van der Waals surface area contributed by atoms with Crippen LogP contribution in [-0.4, -0.2) is 54.3 Å². The van der Waals surface area contributed by atoms with E-state index < -0.39 is 0 Å². The average molecular weight is 448 g/mol. The molecule has 150 valence electrons. The summed E-state index contributed by atoms with van der Waals surface area (Å²) in [6, 6.07) is 9.68. The first-order valence-electron chi connectivity index (χ1n) is 9.47. The molecule has 1 aromatic heterocycles. The van der Waals surface area contributed by atoms with Crippen molar-refractivity contribution in [3.63, 3.8) is 0 Å². The van der Waals surface area contributed by atoms with E-state index in [4.69, 9.17) is 4.42 Å². The van der Waals surface area contributed by atoms with Crippen LogP contribution in [-0.2, 0) is 4.79 Å². The van der Waals surface area contributed by atoms with Gasteiger partial charge in [0.25, 0.3) is 5.91 Å². The molecule has 1 atom stereocenters. The molecular weight excluding hydrogens is 422 g/mol. The van der Waals surface area contributed by atoms with Crippen molar-refractivity contribution in [2.45, 2.75) is 26.8 Å². The van der Waals surface area contributed by atoms with Crippen molar-refractivity contribution in [2.24, 2.45) is 0 Å². The second-order valence-corrected chi connectivity index (χ2v) is 8.15. The maximum atomic E-state index is 12.7. The molecule has 1 unspecified atom stereocenters. The number of carbonyl (C=O) groups excluding carboxylic acids is 2. The van der Waals surface area contributed by atoms with Gasteiger partial charge in [0.05, 0.1) is 18.2 Å². The summed E-state index contributed by atoms with van der Waals surface area (Å²) < 4.78 is 6.48. The van der Waals surface area contributed by atoms with Crippen molar-refractivity contribution in [2.75, 3.05) is 32.7 Å². The lowest BCUT2D eigenvalue weighted by Gasteiger charge is -2.34. The summed E-state index contributed by atoms with van der Waals surface area (Å²) in [5, 5.41) is 3.04. The van der Waals surface area contributed by atoms with Crippen LogP contribution in [0.25, 0.3) is 0 Å². The SMILES string of the molecule is Cc1cc(C(=O)N2CCN(CC(=O)NC(C)c3ccc(Br)cc3)CC2)c(C)o1. The molecule has 0 aliphatic carbocycles. The molecule has 2 heterocycles. The van der Waals surface area contributed by atoms with Gasteiger partial charge in [-0.3, -0.25) is 14.5 Å². The van der Waals surface area contributed by atoms with Crippen molar-refractivity contribution in [3.8, 4) is 0 Å². The van der Waals surface area contributed by atoms with E-state index in [1.807, 2.05) is 49.9 Å². The number of hydrogen-bond acceptors (Lipinski definition) is 4. The van der Waals surface area contributed by atoms with E-state index in [-0.39, 0.29) is 17.9 Å². The topological polar surface area (TPSA) is 65.8 Å². The third kappa shape index (κ3) is 5.02. The Kier molecular flexibility index (Phi) is 6.57. The molecule has 28 heavy (non-hydrogen) atoms. The average Bonchev–Trinajstić information content (AvgIpc) is 3.00. The van der Waals surface area contributed by atoms with Crippen LogP contribution in [0.3, 0.4) is 0 Å². The van der Waals surface area contributed by atoms with Gasteiger partial charge >= 0.3 is 0 Å². The van der Waals surface area contributed by atoms with Gasteiger partial charge in [0, 0.05) is 30.7 Å². The van der Waals surface area contributed by atoms with Crippen molar-refractivity contribution >= 4 is 27.7 Å². The lowest BCUT2D eigenvalue weighted by Crippen LogP contribution is -2.51. The third-order valence-electron chi connectivity index (χ3n) is 5.05. The van der Waals surface area contributed by atoms with E-state index in [0.29, 0.717) is 44.0 Å². The first kappa shape index (κ1) is 20.6. The third-order valence-corrected chi connectivity index (χ3v) is 5.57. The fraction of sp³-hybridized carbons (Fsp3) is 0.429. The summed E-state index contributed by atoms with van der Waals surface area (Å²) in [6.45, 7) is 8.56. The maximum absolute atomic E-state index is 12.7. The van der Waals surface area contributed by atoms with Crippen LogP contribution in [0.2, 0.25) is 0 Å². The van der Waals surface area contributed by atoms with Gasteiger partial charge in [0.2, 0.25) is 5.91 Å². The highest BCUT2D eigenvalue weighted by atomic mass is 79.9. The molecule has 1 saturated heterocycles. The minimum absolute atomic E-state index is 0.00214. The minimum atomic E-state index is -0.0456. The summed E-state index contributed by atoms with van der Waals surface area (Å²) >= 11 is 3.42. The van der Waals surface area contributed by atoms with Gasteiger partial charge in [-0.2, -0.15) is 0 Å². The molecule has 2 amide bonds. The van der Waals surface area contributed by atoms with Crippen molar-refractivity contribution in [1.29, 1.82) is 0 Å². The van der Waals surface area contributed by atoms with Gasteiger partial charge in [0.15, 0.2) is 0 Å². The summed E-state index contributed by atoms with van der Waals surface area (Å²) in [7, 11) is 0. The molecule has 1 aliphatic rings. The lowest BCUT2D eigenvalue weighted by molar-refractivity contribution is -0.123. The van der Waals surface area contributed by atoms with E-state index in [1.165, 1.54) is 0 Å². The van der Waals surface area contributed by atoms with Gasteiger partial charge < -0.3 is 14.6 Å². The lowest BCUT2D eigenvalue weighted by atomic mass is 10.1. The summed E-state index contributed by atoms with van der Waals surface area (Å²) in [5.41, 5.74) is 1.70. The standard InChI is InChI=1S/C21H26BrN3O3/c1-14-12-19(16(3)28-14)21(27)25-10-8-24(9-11-25)13-20(26)23-15(2)17-4-6-18(22)7-5-17/h4-7,12,15H,8-11,13H2,1-3H3,(H,23,26). The van der Waals surface area contributed by atoms with Gasteiger partial charge in [0.1, 0.15) is 11.5 Å². The van der Waals surface area contributed by atoms with Crippen LogP contribution in [0.1, 0.15) is 40.4 Å². The van der Waals surface area contributed by atoms with Gasteiger partial charge in [-0.15, -0.1) is 0 Å². The highest BCUT2D eigenvalue weighted by molar-refractivity contribution is 9.10. The number of halogens is 1. The smallest absolute Gasteiger partial charge is 0.257 e. The fourth-order valence-corrected chi connectivity index (χ4v) is 3.71. The fourth-order valence-electron chi connectivity index (χ4n) is 3.45. The van der Waals surface area contributed by atoms with Crippen LogP contribution in [0.15, 0.2) is 39.2 Å². The monoisotopic (exact) mass is 447 g/mol. The molecule has 2 aromatic rings. The van der Waals surface area contributed by atoms with E-state index in [9.17, 15) is 9.59 Å². The number of aryl methyl sites for hydroxylation is 2. The highest BCUT2D eigenvalue weighted by Crippen LogP contribution is 2.18. The second kappa shape index (κ2) is 8.92. The quantitative estimate of drug-likeness (QED) is 0.763. The minimum Gasteiger partial charge on any atom is -0.466 e. The molecule has 1 aromatic carbocycles. The highest BCUT2D eigenvalue weighted by Gasteiger charge is 2.25. The van der Waals surface area contributed by atoms with Crippen molar-refractivity contribution in [3.05, 3.63) is 57.5 Å². The molecule has 3 rings (SSSR count). The molecule has 0 spiro atoms. The Bertz CT molecular complexity index is 839. The Hall–Kier alpha value is -2.12. The van der Waals surface area contributed by atoms with Crippen LogP contribution in [0.5, 0.6) is 0 Å². The number of carbonyl (C=O) groups is 2. The number of rotatable bonds is 5. The zero-order chi connectivity index (χ0) is 20.3. The van der Waals surface area contributed by atoms with Crippen LogP contribution in [0.4, 0.5) is 0 Å². The number of furan rings is 1. The molecule has 1 aliphatic heterocycles. The largest absolute Gasteiger partial charge is 0.466 e. The molecular formula is C21H26BrN3O3. The van der Waals surface area contributed by atoms with Gasteiger partial charge in [-0.25, -0.2) is 0 Å². The van der Waals surface area contributed by atoms with Gasteiger partial charge in [-0.05, 0) is 44.5 Å². The zero-order valence-electron chi connectivity index (χ0n) is 16.5. The summed E-state index contributed by atoms with van der Waals surface area (Å²) in [5.74, 6) is 1.40. The van der Waals surface area contributed by atoms with E-state index in [0.717, 1.165) is 15.8 Å². The summed E-state index contributed by atoms with van der Waals surface area (Å²) in [6.07, 6.45) is 0. The number of nitrogens with zero attached hydrogens (tertiary/aromatic N) is 2. The van der Waals surface area contributed by atoms with Crippen molar-refractivity contribution < 1.29 is 14.0 Å². The van der Waals surface area contributed by atoms with Crippen molar-refractivity contribution in [1.82, 2.24) is 15.1 Å². The van der Waals surface area contributed by atoms with Crippen LogP contribution < -0.4 is 5.32 Å². The zero-order valence-corrected chi connectivity index (χ0v) is 18.1. The van der Waals surface area contributed by atoms with Crippen LogP contribution in [0, 0.1) is 13.8 Å². The number of benzene rings is 1. The van der Waals surface area contributed by atoms with Crippen LogP contribution >= 0.6 is 15.9 Å². The first-order valence-corrected chi connectivity index (χ1v) is 10.3. The normalized spacial score (nSPS) is 16.1. The number of nitrogens with one attached hydrogen (secondary N) is 1. The molecule has 1 fully saturated rings. The Labute approximate surface area is 174 Å². The molecule has 0 bridgehead atoms. The molecule has 1 N–H and O–H groups in total. The number of amides is 2. The van der Waals surface area contributed by atoms with Gasteiger partial charge in [-0.1, -0.05) is 28.1 Å². The maximum Gasteiger partial charge on any atom is 0.257 e. The Morgan fingerprint density at radius 1 is 1.14 bits per heavy atom. The molecule has 0 saturated carbocycles. The number of piperazine rings is 1. The van der Waals surface area contributed by atoms with E-state index >= 15 is 0 Å². The first-order chi connectivity index (χ1) is 13.3. The van der Waals surface area contributed by atoms with E-state index in [1.54, 1.807) is 6.07 Å². The second-order valence-electron chi connectivity index (χ2n) is 7.24. The molecule has 0 radical (unpaired) electrons. The predicted molar refractivity (Wildman–Crippen MR) is 111 cm³/mol. The Morgan fingerprint density at radius 3 is 2.36 bits per heavy atom. The Morgan fingerprint density at radius 2 is 1.79 bits per heavy atom. The number of hydrogen-bond donors (Lipinski definition) is 1. The predicted octanol–water partition coefficient (Wildman–Crippen LogP) is 3.29. The van der Waals surface area contributed by atoms with E-state index in [2.05, 4.69) is 26.1 Å².